The van der Waals surface area contributed by atoms with Gasteiger partial charge in [-0.1, -0.05) is 248 Å². The molecule has 4 aliphatic rings. The lowest BCUT2D eigenvalue weighted by Crippen LogP contribution is -2.45. The van der Waals surface area contributed by atoms with Gasteiger partial charge in [-0.3, -0.25) is 28.8 Å². The average Bonchev–Trinajstić information content (AvgIpc) is 1.66. The van der Waals surface area contributed by atoms with Crippen molar-refractivity contribution >= 4 is 35.8 Å². The summed E-state index contributed by atoms with van der Waals surface area (Å²) in [5.74, 6) is -2.63. The molecular weight excluding hydrogens is 1550 g/mol. The Bertz CT molecular complexity index is 2640. The van der Waals surface area contributed by atoms with Crippen LogP contribution in [0.3, 0.4) is 0 Å². The van der Waals surface area contributed by atoms with Gasteiger partial charge in [0.2, 0.25) is 0 Å². The molecule has 20 atom stereocenters. The van der Waals surface area contributed by atoms with Crippen LogP contribution in [-0.4, -0.2) is 203 Å². The maximum absolute atomic E-state index is 13.8. The average molecular weight is 1720 g/mol. The molecular formula is C98H178O23. The fourth-order valence-electron chi connectivity index (χ4n) is 16.7. The third-order valence-corrected chi connectivity index (χ3v) is 24.8. The lowest BCUT2D eigenvalue weighted by atomic mass is 9.94. The molecule has 0 aromatic heterocycles. The minimum Gasteiger partial charge on any atom is -0.463 e. The first-order valence-electron chi connectivity index (χ1n) is 49.8. The molecule has 4 rings (SSSR count). The van der Waals surface area contributed by atoms with Gasteiger partial charge in [0.25, 0.3) is 0 Å². The monoisotopic (exact) mass is 1720 g/mol. The number of unbranched alkanes of at least 4 members (excludes halogenated alkanes) is 26. The van der Waals surface area contributed by atoms with Crippen molar-refractivity contribution in [1.82, 2.24) is 0 Å². The van der Waals surface area contributed by atoms with Crippen LogP contribution in [0.15, 0.2) is 0 Å². The summed E-state index contributed by atoms with van der Waals surface area (Å²) in [5.41, 5.74) is -0.502. The molecule has 4 saturated heterocycles. The maximum atomic E-state index is 13.8. The van der Waals surface area contributed by atoms with Crippen molar-refractivity contribution < 1.29 is 111 Å². The lowest BCUT2D eigenvalue weighted by molar-refractivity contribution is -0.177. The Balaban J connectivity index is 1.13. The fourth-order valence-corrected chi connectivity index (χ4v) is 16.7. The highest BCUT2D eigenvalue weighted by molar-refractivity contribution is 5.73. The van der Waals surface area contributed by atoms with E-state index >= 15 is 0 Å². The van der Waals surface area contributed by atoms with Gasteiger partial charge >= 0.3 is 35.8 Å². The maximum Gasteiger partial charge on any atom is 0.309 e. The summed E-state index contributed by atoms with van der Waals surface area (Å²) in [4.78, 5) is 77.3. The van der Waals surface area contributed by atoms with Gasteiger partial charge in [0.05, 0.1) is 103 Å². The number of carbonyl (C=O) groups is 6. The summed E-state index contributed by atoms with van der Waals surface area (Å²) in [5, 5.41) is 56.6. The van der Waals surface area contributed by atoms with Crippen molar-refractivity contribution in [2.75, 3.05) is 26.4 Å². The van der Waals surface area contributed by atoms with Crippen LogP contribution in [0.2, 0.25) is 0 Å². The second kappa shape index (κ2) is 66.7. The van der Waals surface area contributed by atoms with E-state index < -0.39 is 72.3 Å². The van der Waals surface area contributed by atoms with Crippen molar-refractivity contribution in [3.05, 3.63) is 0 Å². The molecule has 0 bridgehead atoms. The summed E-state index contributed by atoms with van der Waals surface area (Å²) in [7, 11) is 0. The zero-order chi connectivity index (χ0) is 88.4. The Labute approximate surface area is 732 Å². The van der Waals surface area contributed by atoms with Gasteiger partial charge < -0.3 is 82.4 Å². The molecule has 23 heteroatoms. The van der Waals surface area contributed by atoms with E-state index in [4.69, 9.17) is 56.8 Å². The molecule has 5 N–H and O–H groups in total. The molecule has 23 nitrogen and oxygen atoms in total. The van der Waals surface area contributed by atoms with Crippen molar-refractivity contribution in [1.29, 1.82) is 0 Å². The highest BCUT2D eigenvalue weighted by atomic mass is 16.6. The molecule has 0 spiro atoms. The second-order valence-corrected chi connectivity index (χ2v) is 37.2. The fraction of sp³-hybridized carbons (Fsp3) is 0.939. The Morgan fingerprint density at radius 2 is 0.603 bits per heavy atom. The first-order chi connectivity index (χ1) is 58.4. The van der Waals surface area contributed by atoms with Crippen LogP contribution in [-0.2, 0) is 85.6 Å². The minimum absolute atomic E-state index is 0.00976. The molecule has 4 aliphatic heterocycles. The van der Waals surface area contributed by atoms with E-state index in [-0.39, 0.29) is 125 Å². The van der Waals surface area contributed by atoms with Gasteiger partial charge in [-0.25, -0.2) is 0 Å². The third kappa shape index (κ3) is 53.1. The number of hydrogen-bond acceptors (Lipinski definition) is 23. The summed E-state index contributed by atoms with van der Waals surface area (Å²) in [6.45, 7) is 22.1. The summed E-state index contributed by atoms with van der Waals surface area (Å²) in [6.07, 6.45) is 39.6. The smallest absolute Gasteiger partial charge is 0.309 e. The summed E-state index contributed by atoms with van der Waals surface area (Å²) < 4.78 is 71.5. The highest BCUT2D eigenvalue weighted by Gasteiger charge is 2.48. The first kappa shape index (κ1) is 110. The number of esters is 6. The SMILES string of the molecule is CCCCCC(OC(CCCCC)C(CC1OC1CCCCCCCC(=O)OCC(O)COC(=O)CCCCCCCC(OC(=O)C(CC)CCCC)C(O)CC1OC1CCCCC)OC(C)(C)C)C(O)CC(O)C(CCCCCCCC(=O)OCC(O)COC(=O)CCCCCCCC1OC1CC1OC1CCCCC)OC(=O)C(CC)CCCC. The van der Waals surface area contributed by atoms with E-state index in [1.165, 1.54) is 25.7 Å². The molecule has 0 aromatic carbocycles. The zero-order valence-corrected chi connectivity index (χ0v) is 78.1. The van der Waals surface area contributed by atoms with Crippen LogP contribution in [0.4, 0.5) is 0 Å². The number of aliphatic hydroxyl groups excluding tert-OH is 5. The van der Waals surface area contributed by atoms with E-state index in [0.717, 1.165) is 225 Å². The van der Waals surface area contributed by atoms with Crippen molar-refractivity contribution in [3.63, 3.8) is 0 Å². The van der Waals surface area contributed by atoms with E-state index in [1.807, 2.05) is 13.8 Å². The molecule has 121 heavy (non-hydrogen) atoms. The molecule has 20 unspecified atom stereocenters. The Morgan fingerprint density at radius 3 is 0.983 bits per heavy atom. The normalized spacial score (nSPS) is 21.6. The molecule has 0 aromatic rings. The summed E-state index contributed by atoms with van der Waals surface area (Å²) in [6, 6.07) is 0. The van der Waals surface area contributed by atoms with Crippen LogP contribution < -0.4 is 0 Å². The predicted octanol–water partition coefficient (Wildman–Crippen LogP) is 20.0. The number of rotatable bonds is 83. The topological polar surface area (TPSA) is 328 Å². The lowest BCUT2D eigenvalue weighted by Gasteiger charge is -2.37. The minimum atomic E-state index is -1.15. The van der Waals surface area contributed by atoms with Crippen LogP contribution in [0.25, 0.3) is 0 Å². The van der Waals surface area contributed by atoms with Gasteiger partial charge in [-0.15, -0.1) is 0 Å². The zero-order valence-electron chi connectivity index (χ0n) is 78.1. The van der Waals surface area contributed by atoms with Crippen LogP contribution in [0, 0.1) is 11.8 Å². The number of carbonyl (C=O) groups excluding carboxylic acids is 6. The molecule has 0 radical (unpaired) electrons. The van der Waals surface area contributed by atoms with Gasteiger partial charge in [-0.05, 0) is 136 Å². The van der Waals surface area contributed by atoms with Gasteiger partial charge in [0.1, 0.15) is 50.8 Å². The van der Waals surface area contributed by atoms with E-state index in [9.17, 15) is 54.3 Å². The van der Waals surface area contributed by atoms with Crippen LogP contribution in [0.1, 0.15) is 436 Å². The molecule has 0 amide bonds. The largest absolute Gasteiger partial charge is 0.463 e. The molecule has 0 aliphatic carbocycles. The number of aliphatic hydroxyl groups is 5. The second-order valence-electron chi connectivity index (χ2n) is 37.2. The van der Waals surface area contributed by atoms with Gasteiger partial charge in [0, 0.05) is 51.4 Å². The summed E-state index contributed by atoms with van der Waals surface area (Å²) >= 11 is 0. The first-order valence-corrected chi connectivity index (χ1v) is 49.8. The number of epoxide rings is 4. The Kier molecular flexibility index (Phi) is 60.5. The Hall–Kier alpha value is -3.62. The standard InChI is InChI=1S/C98H178O23/c1-12-20-38-52-79(76(101)64-77(102)80(119-96(108)72(18-7)50-24-16-5)53-42-30-26-34-46-60-92(104)110-68-74(99)70-112-94(106)62-48-36-28-32-44-58-84-89(117-84)66-88-83(116-88)56-40-22-14-3)114-86(57-41-23-15-4)91(121-98(9,10)11)67-90-85(118-90)59-45-33-29-37-49-63-95(107)113-71-75(100)69-111-93(105)61-47-35-27-31-43-54-81(120-97(109)73(19-8)51-25-17-6)78(103)65-87-82(115-87)55-39-21-13-2/h72-91,99-103H,12-71H2,1-11H3. The van der Waals surface area contributed by atoms with Crippen LogP contribution in [0.5, 0.6) is 0 Å². The highest BCUT2D eigenvalue weighted by Crippen LogP contribution is 2.41. The Morgan fingerprint density at radius 1 is 0.306 bits per heavy atom. The third-order valence-electron chi connectivity index (χ3n) is 24.8. The van der Waals surface area contributed by atoms with Gasteiger partial charge in [-0.2, -0.15) is 0 Å². The predicted molar refractivity (Wildman–Crippen MR) is 472 cm³/mol. The number of hydrogen-bond donors (Lipinski definition) is 5. The quantitative estimate of drug-likeness (QED) is 0.0163. The molecule has 4 fully saturated rings. The molecule has 4 heterocycles. The van der Waals surface area contributed by atoms with Gasteiger partial charge in [0.15, 0.2) is 0 Å². The van der Waals surface area contributed by atoms with Crippen LogP contribution >= 0.6 is 0 Å². The van der Waals surface area contributed by atoms with Crippen molar-refractivity contribution in [3.8, 4) is 0 Å². The molecule has 0 saturated carbocycles. The molecule has 708 valence electrons. The van der Waals surface area contributed by atoms with E-state index in [0.29, 0.717) is 101 Å². The van der Waals surface area contributed by atoms with Crippen molar-refractivity contribution in [2.45, 2.75) is 551 Å². The van der Waals surface area contributed by atoms with E-state index in [2.05, 4.69) is 62.3 Å². The van der Waals surface area contributed by atoms with E-state index in [1.54, 1.807) is 0 Å². The number of ether oxygens (including phenoxy) is 12. The van der Waals surface area contributed by atoms with Crippen molar-refractivity contribution in [2.24, 2.45) is 11.8 Å².